The maximum Gasteiger partial charge on any atom is 0.129 e. The molecule has 0 atom stereocenters. The van der Waals surface area contributed by atoms with E-state index in [1.165, 1.54) is 37.9 Å². The van der Waals surface area contributed by atoms with Gasteiger partial charge in [0, 0.05) is 39.9 Å². The largest absolute Gasteiger partial charge is 0.457 e. The molecule has 0 saturated heterocycles. The van der Waals surface area contributed by atoms with Gasteiger partial charge in [-0.2, -0.15) is 0 Å². The van der Waals surface area contributed by atoms with Crippen LogP contribution in [0.15, 0.2) is 218 Å². The molecular weight excluding hydrogens is 669 g/mol. The van der Waals surface area contributed by atoms with Crippen LogP contribution in [0.25, 0.3) is 43.4 Å². The molecule has 0 unspecified atom stereocenters. The van der Waals surface area contributed by atoms with Gasteiger partial charge in [-0.3, -0.25) is 0 Å². The highest BCUT2D eigenvalue weighted by atomic mass is 16.5. The molecule has 0 amide bonds. The molecule has 0 heterocycles. The Balaban J connectivity index is 1.01. The maximum atomic E-state index is 6.49. The van der Waals surface area contributed by atoms with Crippen LogP contribution in [0.5, 0.6) is 11.5 Å². The number of nitrogens with zero attached hydrogens (tertiary/aromatic N) is 2. The molecule has 3 nitrogen and oxygen atoms in total. The lowest BCUT2D eigenvalue weighted by atomic mass is 9.89. The zero-order valence-electron chi connectivity index (χ0n) is 30.1. The Labute approximate surface area is 320 Å². The summed E-state index contributed by atoms with van der Waals surface area (Å²) in [7, 11) is 0. The van der Waals surface area contributed by atoms with Gasteiger partial charge in [0.25, 0.3) is 0 Å². The van der Waals surface area contributed by atoms with E-state index < -0.39 is 0 Å². The van der Waals surface area contributed by atoms with E-state index in [1.54, 1.807) is 0 Å². The standard InChI is InChI=1S/C52H36N2O/c1-5-14-40(15-6-1)53(41-16-7-2-8-17-41)44-22-13-23-46(36-44)55-45-30-24-37(25-31-45)47-32-26-38-28-34-49-50(35-29-39-27-33-48(47)51(38)52(39)49)54(42-18-9-3-10-19-42)43-20-11-4-12-21-43/h1-36H. The number of anilines is 6. The molecule has 0 aliphatic rings. The number of rotatable bonds is 9. The van der Waals surface area contributed by atoms with Crippen molar-refractivity contribution in [1.29, 1.82) is 0 Å². The Morgan fingerprint density at radius 2 is 0.782 bits per heavy atom. The third-order valence-electron chi connectivity index (χ3n) is 10.4. The third kappa shape index (κ3) is 5.98. The number of para-hydroxylation sites is 4. The first-order valence-electron chi connectivity index (χ1n) is 18.7. The average molecular weight is 705 g/mol. The van der Waals surface area contributed by atoms with Crippen molar-refractivity contribution in [1.82, 2.24) is 0 Å². The van der Waals surface area contributed by atoms with E-state index in [0.717, 1.165) is 51.2 Å². The molecule has 0 aliphatic heterocycles. The molecule has 0 aromatic heterocycles. The van der Waals surface area contributed by atoms with Crippen molar-refractivity contribution in [3.63, 3.8) is 0 Å². The van der Waals surface area contributed by atoms with E-state index in [0.29, 0.717) is 0 Å². The summed E-state index contributed by atoms with van der Waals surface area (Å²) in [5, 5.41) is 7.51. The fourth-order valence-electron chi connectivity index (χ4n) is 7.94. The first-order chi connectivity index (χ1) is 27.3. The number of benzene rings is 10. The second-order valence-corrected chi connectivity index (χ2v) is 13.8. The molecule has 0 spiro atoms. The Bertz CT molecular complexity index is 2800. The highest BCUT2D eigenvalue weighted by Gasteiger charge is 2.19. The molecule has 0 bridgehead atoms. The van der Waals surface area contributed by atoms with E-state index >= 15 is 0 Å². The van der Waals surface area contributed by atoms with Gasteiger partial charge in [-0.1, -0.05) is 133 Å². The third-order valence-corrected chi connectivity index (χ3v) is 10.4. The zero-order chi connectivity index (χ0) is 36.6. The van der Waals surface area contributed by atoms with Crippen LogP contribution in [-0.4, -0.2) is 0 Å². The second kappa shape index (κ2) is 13.9. The molecule has 3 heteroatoms. The molecule has 10 aromatic carbocycles. The number of hydrogen-bond donors (Lipinski definition) is 0. The van der Waals surface area contributed by atoms with Gasteiger partial charge in [0.1, 0.15) is 11.5 Å². The smallest absolute Gasteiger partial charge is 0.129 e. The summed E-state index contributed by atoms with van der Waals surface area (Å²) in [4.78, 5) is 4.61. The van der Waals surface area contributed by atoms with Crippen molar-refractivity contribution in [2.45, 2.75) is 0 Å². The normalized spacial score (nSPS) is 11.3. The lowest BCUT2D eigenvalue weighted by Crippen LogP contribution is -2.10. The highest BCUT2D eigenvalue weighted by Crippen LogP contribution is 2.45. The Morgan fingerprint density at radius 3 is 1.36 bits per heavy atom. The predicted octanol–water partition coefficient (Wildman–Crippen LogP) is 15.0. The van der Waals surface area contributed by atoms with Crippen molar-refractivity contribution < 1.29 is 4.74 Å². The van der Waals surface area contributed by atoms with Crippen LogP contribution in [0.1, 0.15) is 0 Å². The summed E-state index contributed by atoms with van der Waals surface area (Å²) in [6.45, 7) is 0. The Morgan fingerprint density at radius 1 is 0.309 bits per heavy atom. The summed E-state index contributed by atoms with van der Waals surface area (Å²) < 4.78 is 6.49. The summed E-state index contributed by atoms with van der Waals surface area (Å²) in [6, 6.07) is 77.0. The fraction of sp³-hybridized carbons (Fsp3) is 0. The van der Waals surface area contributed by atoms with Crippen LogP contribution in [0.4, 0.5) is 34.1 Å². The van der Waals surface area contributed by atoms with Crippen LogP contribution < -0.4 is 14.5 Å². The van der Waals surface area contributed by atoms with Gasteiger partial charge in [-0.15, -0.1) is 0 Å². The van der Waals surface area contributed by atoms with Gasteiger partial charge in [0.05, 0.1) is 5.69 Å². The lowest BCUT2D eigenvalue weighted by Gasteiger charge is -2.27. The van der Waals surface area contributed by atoms with Gasteiger partial charge < -0.3 is 14.5 Å². The minimum atomic E-state index is 0.778. The van der Waals surface area contributed by atoms with Gasteiger partial charge in [0.15, 0.2) is 0 Å². The number of ether oxygens (including phenoxy) is 1. The molecule has 0 N–H and O–H groups in total. The summed E-state index contributed by atoms with van der Waals surface area (Å²) in [5.41, 5.74) is 8.96. The van der Waals surface area contributed by atoms with Gasteiger partial charge in [-0.05, 0) is 117 Å². The second-order valence-electron chi connectivity index (χ2n) is 13.8. The molecule has 260 valence electrons. The summed E-state index contributed by atoms with van der Waals surface area (Å²) in [5.74, 6) is 1.57. The van der Waals surface area contributed by atoms with Crippen molar-refractivity contribution >= 4 is 66.4 Å². The number of hydrogen-bond acceptors (Lipinski definition) is 3. The van der Waals surface area contributed by atoms with Crippen LogP contribution in [0.3, 0.4) is 0 Å². The van der Waals surface area contributed by atoms with E-state index in [9.17, 15) is 0 Å². The van der Waals surface area contributed by atoms with Crippen LogP contribution in [0.2, 0.25) is 0 Å². The Hall–Kier alpha value is -7.36. The molecule has 55 heavy (non-hydrogen) atoms. The van der Waals surface area contributed by atoms with Gasteiger partial charge >= 0.3 is 0 Å². The SMILES string of the molecule is c1ccc(N(c2ccccc2)c2cccc(Oc3ccc(-c4ccc5ccc6c(N(c7ccccc7)c7ccccc7)ccc7ccc4c5c76)cc3)c2)cc1. The van der Waals surface area contributed by atoms with E-state index in [-0.39, 0.29) is 0 Å². The van der Waals surface area contributed by atoms with Gasteiger partial charge in [0.2, 0.25) is 0 Å². The van der Waals surface area contributed by atoms with Crippen molar-refractivity contribution in [2.24, 2.45) is 0 Å². The van der Waals surface area contributed by atoms with Crippen LogP contribution in [0, 0.1) is 0 Å². The first-order valence-corrected chi connectivity index (χ1v) is 18.7. The minimum absolute atomic E-state index is 0.778. The summed E-state index contributed by atoms with van der Waals surface area (Å²) in [6.07, 6.45) is 0. The van der Waals surface area contributed by atoms with Crippen molar-refractivity contribution in [2.75, 3.05) is 9.80 Å². The van der Waals surface area contributed by atoms with E-state index in [1.807, 2.05) is 24.3 Å². The van der Waals surface area contributed by atoms with E-state index in [4.69, 9.17) is 4.74 Å². The monoisotopic (exact) mass is 704 g/mol. The lowest BCUT2D eigenvalue weighted by molar-refractivity contribution is 0.483. The molecule has 0 aliphatic carbocycles. The molecule has 10 rings (SSSR count). The fourth-order valence-corrected chi connectivity index (χ4v) is 7.94. The summed E-state index contributed by atoms with van der Waals surface area (Å²) >= 11 is 0. The first kappa shape index (κ1) is 32.3. The van der Waals surface area contributed by atoms with Crippen LogP contribution in [-0.2, 0) is 0 Å². The zero-order valence-corrected chi connectivity index (χ0v) is 30.1. The predicted molar refractivity (Wildman–Crippen MR) is 231 cm³/mol. The molecule has 0 saturated carbocycles. The van der Waals surface area contributed by atoms with Gasteiger partial charge in [-0.25, -0.2) is 0 Å². The van der Waals surface area contributed by atoms with Crippen LogP contribution >= 0.6 is 0 Å². The topological polar surface area (TPSA) is 15.7 Å². The highest BCUT2D eigenvalue weighted by molar-refractivity contribution is 6.27. The maximum absolute atomic E-state index is 6.49. The van der Waals surface area contributed by atoms with Crippen molar-refractivity contribution in [3.8, 4) is 22.6 Å². The molecular formula is C52H36N2O. The minimum Gasteiger partial charge on any atom is -0.457 e. The van der Waals surface area contributed by atoms with Crippen molar-refractivity contribution in [3.05, 3.63) is 218 Å². The van der Waals surface area contributed by atoms with E-state index in [2.05, 4.69) is 204 Å². The molecule has 0 fully saturated rings. The average Bonchev–Trinajstić information content (AvgIpc) is 3.25. The Kier molecular flexibility index (Phi) is 8.16. The quantitative estimate of drug-likeness (QED) is 0.139. The molecule has 10 aromatic rings. The molecule has 0 radical (unpaired) electrons.